The lowest BCUT2D eigenvalue weighted by Crippen LogP contribution is -2.57. The SMILES string of the molecule is C=CCNC1(CN)CCN(c2ccccc2)CC1. The molecule has 98 valence electrons. The summed E-state index contributed by atoms with van der Waals surface area (Å²) in [6, 6.07) is 10.6. The van der Waals surface area contributed by atoms with E-state index in [1.807, 2.05) is 6.08 Å². The van der Waals surface area contributed by atoms with Crippen LogP contribution in [-0.4, -0.2) is 31.7 Å². The molecule has 1 aromatic rings. The molecule has 1 saturated heterocycles. The van der Waals surface area contributed by atoms with Gasteiger partial charge in [0.1, 0.15) is 0 Å². The normalized spacial score (nSPS) is 18.6. The molecule has 0 bridgehead atoms. The Morgan fingerprint density at radius 3 is 2.50 bits per heavy atom. The third kappa shape index (κ3) is 2.92. The van der Waals surface area contributed by atoms with Crippen LogP contribution in [0.3, 0.4) is 0 Å². The predicted molar refractivity (Wildman–Crippen MR) is 77.9 cm³/mol. The highest BCUT2D eigenvalue weighted by Crippen LogP contribution is 2.25. The highest BCUT2D eigenvalue weighted by molar-refractivity contribution is 5.46. The van der Waals surface area contributed by atoms with Crippen molar-refractivity contribution < 1.29 is 0 Å². The largest absolute Gasteiger partial charge is 0.371 e. The first-order valence-corrected chi connectivity index (χ1v) is 6.66. The number of nitrogens with one attached hydrogen (secondary N) is 1. The summed E-state index contributed by atoms with van der Waals surface area (Å²) in [5.41, 5.74) is 7.36. The standard InChI is InChI=1S/C15H23N3/c1-2-10-17-15(13-16)8-11-18(12-9-15)14-6-4-3-5-7-14/h2-7,17H,1,8-13,16H2. The van der Waals surface area contributed by atoms with E-state index in [1.165, 1.54) is 5.69 Å². The van der Waals surface area contributed by atoms with E-state index in [4.69, 9.17) is 5.73 Å². The van der Waals surface area contributed by atoms with Crippen LogP contribution in [0.25, 0.3) is 0 Å². The van der Waals surface area contributed by atoms with Crippen LogP contribution in [0.15, 0.2) is 43.0 Å². The summed E-state index contributed by atoms with van der Waals surface area (Å²) in [7, 11) is 0. The molecule has 18 heavy (non-hydrogen) atoms. The Bertz CT molecular complexity index is 367. The molecule has 0 atom stereocenters. The first-order valence-electron chi connectivity index (χ1n) is 6.66. The van der Waals surface area contributed by atoms with Gasteiger partial charge in [0.15, 0.2) is 0 Å². The second kappa shape index (κ2) is 6.03. The van der Waals surface area contributed by atoms with Gasteiger partial charge in [-0.05, 0) is 25.0 Å². The fraction of sp³-hybridized carbons (Fsp3) is 0.467. The molecule has 1 heterocycles. The van der Waals surface area contributed by atoms with E-state index in [1.54, 1.807) is 0 Å². The zero-order valence-corrected chi connectivity index (χ0v) is 10.9. The number of para-hydroxylation sites is 1. The number of anilines is 1. The summed E-state index contributed by atoms with van der Waals surface area (Å²) in [6.45, 7) is 7.41. The number of nitrogens with two attached hydrogens (primary N) is 1. The average molecular weight is 245 g/mol. The molecule has 1 aliphatic rings. The molecule has 3 N–H and O–H groups in total. The van der Waals surface area contributed by atoms with Gasteiger partial charge in [0.25, 0.3) is 0 Å². The van der Waals surface area contributed by atoms with Gasteiger partial charge >= 0.3 is 0 Å². The van der Waals surface area contributed by atoms with E-state index < -0.39 is 0 Å². The molecular formula is C15H23N3. The maximum atomic E-state index is 5.95. The molecule has 0 spiro atoms. The van der Waals surface area contributed by atoms with Crippen LogP contribution in [0.1, 0.15) is 12.8 Å². The summed E-state index contributed by atoms with van der Waals surface area (Å²) >= 11 is 0. The molecule has 1 fully saturated rings. The van der Waals surface area contributed by atoms with Crippen LogP contribution in [0.5, 0.6) is 0 Å². The average Bonchev–Trinajstić information content (AvgIpc) is 2.47. The molecule has 0 radical (unpaired) electrons. The minimum absolute atomic E-state index is 0.0967. The van der Waals surface area contributed by atoms with Gasteiger partial charge in [-0.1, -0.05) is 24.3 Å². The van der Waals surface area contributed by atoms with Gasteiger partial charge in [0.05, 0.1) is 0 Å². The minimum Gasteiger partial charge on any atom is -0.371 e. The van der Waals surface area contributed by atoms with Crippen LogP contribution in [0.2, 0.25) is 0 Å². The lowest BCUT2D eigenvalue weighted by molar-refractivity contribution is 0.276. The number of hydrogen-bond donors (Lipinski definition) is 2. The quantitative estimate of drug-likeness (QED) is 0.777. The summed E-state index contributed by atoms with van der Waals surface area (Å²) in [4.78, 5) is 2.43. The van der Waals surface area contributed by atoms with E-state index in [-0.39, 0.29) is 5.54 Å². The fourth-order valence-corrected chi connectivity index (χ4v) is 2.57. The molecule has 2 rings (SSSR count). The number of rotatable bonds is 5. The molecule has 0 aliphatic carbocycles. The van der Waals surface area contributed by atoms with Crippen molar-refractivity contribution in [3.05, 3.63) is 43.0 Å². The van der Waals surface area contributed by atoms with Crippen molar-refractivity contribution in [2.75, 3.05) is 31.1 Å². The maximum absolute atomic E-state index is 5.95. The molecule has 1 aliphatic heterocycles. The van der Waals surface area contributed by atoms with Gasteiger partial charge in [-0.25, -0.2) is 0 Å². The van der Waals surface area contributed by atoms with Crippen LogP contribution in [0, 0.1) is 0 Å². The molecule has 3 nitrogen and oxygen atoms in total. The van der Waals surface area contributed by atoms with Gasteiger partial charge < -0.3 is 16.0 Å². The molecular weight excluding hydrogens is 222 g/mol. The summed E-state index contributed by atoms with van der Waals surface area (Å²) in [5, 5.41) is 3.54. The second-order valence-electron chi connectivity index (χ2n) is 4.98. The van der Waals surface area contributed by atoms with E-state index in [0.717, 1.165) is 32.5 Å². The third-order valence-electron chi connectivity index (χ3n) is 3.85. The van der Waals surface area contributed by atoms with Gasteiger partial charge in [-0.3, -0.25) is 0 Å². The summed E-state index contributed by atoms with van der Waals surface area (Å²) < 4.78 is 0. The smallest absolute Gasteiger partial charge is 0.0366 e. The molecule has 0 aromatic heterocycles. The first-order chi connectivity index (χ1) is 8.79. The first kappa shape index (κ1) is 13.1. The van der Waals surface area contributed by atoms with Gasteiger partial charge in [0.2, 0.25) is 0 Å². The monoisotopic (exact) mass is 245 g/mol. The van der Waals surface area contributed by atoms with Gasteiger partial charge in [-0.15, -0.1) is 6.58 Å². The van der Waals surface area contributed by atoms with Gasteiger partial charge in [-0.2, -0.15) is 0 Å². The highest BCUT2D eigenvalue weighted by atomic mass is 15.2. The molecule has 0 unspecified atom stereocenters. The number of benzene rings is 1. The molecule has 0 saturated carbocycles. The minimum atomic E-state index is 0.0967. The van der Waals surface area contributed by atoms with Crippen LogP contribution >= 0.6 is 0 Å². The highest BCUT2D eigenvalue weighted by Gasteiger charge is 2.32. The van der Waals surface area contributed by atoms with Crippen molar-refractivity contribution in [3.63, 3.8) is 0 Å². The zero-order valence-electron chi connectivity index (χ0n) is 10.9. The van der Waals surface area contributed by atoms with E-state index in [2.05, 4.69) is 47.1 Å². The van der Waals surface area contributed by atoms with Crippen LogP contribution in [-0.2, 0) is 0 Å². The van der Waals surface area contributed by atoms with Crippen molar-refractivity contribution in [3.8, 4) is 0 Å². The Balaban J connectivity index is 1.96. The molecule has 1 aromatic carbocycles. The maximum Gasteiger partial charge on any atom is 0.0366 e. The topological polar surface area (TPSA) is 41.3 Å². The Morgan fingerprint density at radius 1 is 1.28 bits per heavy atom. The van der Waals surface area contributed by atoms with E-state index in [9.17, 15) is 0 Å². The summed E-state index contributed by atoms with van der Waals surface area (Å²) in [6.07, 6.45) is 4.08. The Hall–Kier alpha value is -1.32. The van der Waals surface area contributed by atoms with Crippen LogP contribution in [0.4, 0.5) is 5.69 Å². The zero-order chi connectivity index (χ0) is 12.8. The Morgan fingerprint density at radius 2 is 1.94 bits per heavy atom. The second-order valence-corrected chi connectivity index (χ2v) is 4.98. The number of hydrogen-bond acceptors (Lipinski definition) is 3. The van der Waals surface area contributed by atoms with Crippen molar-refractivity contribution >= 4 is 5.69 Å². The predicted octanol–water partition coefficient (Wildman–Crippen LogP) is 1.76. The van der Waals surface area contributed by atoms with E-state index >= 15 is 0 Å². The lowest BCUT2D eigenvalue weighted by atomic mass is 9.87. The van der Waals surface area contributed by atoms with Crippen molar-refractivity contribution in [1.82, 2.24) is 5.32 Å². The summed E-state index contributed by atoms with van der Waals surface area (Å²) in [5.74, 6) is 0. The van der Waals surface area contributed by atoms with E-state index in [0.29, 0.717) is 6.54 Å². The number of nitrogens with zero attached hydrogens (tertiary/aromatic N) is 1. The van der Waals surface area contributed by atoms with Crippen LogP contribution < -0.4 is 16.0 Å². The van der Waals surface area contributed by atoms with Crippen molar-refractivity contribution in [2.24, 2.45) is 5.73 Å². The number of piperidine rings is 1. The Labute approximate surface area is 110 Å². The van der Waals surface area contributed by atoms with Crippen molar-refractivity contribution in [2.45, 2.75) is 18.4 Å². The van der Waals surface area contributed by atoms with Crippen molar-refractivity contribution in [1.29, 1.82) is 0 Å². The fourth-order valence-electron chi connectivity index (χ4n) is 2.57. The van der Waals surface area contributed by atoms with Gasteiger partial charge in [0, 0.05) is 37.4 Å². The lowest BCUT2D eigenvalue weighted by Gasteiger charge is -2.42. The molecule has 3 heteroatoms. The third-order valence-corrected chi connectivity index (χ3v) is 3.85. The molecule has 0 amide bonds. The Kier molecular flexibility index (Phi) is 4.39.